The van der Waals surface area contributed by atoms with Crippen LogP contribution in [0.3, 0.4) is 0 Å². The highest BCUT2D eigenvalue weighted by Crippen LogP contribution is 2.35. The van der Waals surface area contributed by atoms with Crippen molar-refractivity contribution in [3.63, 3.8) is 0 Å². The zero-order valence-corrected chi connectivity index (χ0v) is 13.7. The molecule has 2 aromatic carbocycles. The van der Waals surface area contributed by atoms with Crippen LogP contribution >= 0.6 is 15.9 Å². The van der Waals surface area contributed by atoms with Gasteiger partial charge in [-0.2, -0.15) is 0 Å². The lowest BCUT2D eigenvalue weighted by Gasteiger charge is -2.03. The van der Waals surface area contributed by atoms with Gasteiger partial charge in [-0.05, 0) is 18.2 Å². The Morgan fingerprint density at radius 2 is 2.08 bits per heavy atom. The van der Waals surface area contributed by atoms with Gasteiger partial charge >= 0.3 is 0 Å². The van der Waals surface area contributed by atoms with E-state index in [1.54, 1.807) is 6.07 Å². The number of hydrogen-bond donors (Lipinski definition) is 1. The maximum Gasteiger partial charge on any atom is 0.270 e. The van der Waals surface area contributed by atoms with E-state index in [9.17, 15) is 19.6 Å². The molecule has 1 N–H and O–H groups in total. The number of halogens is 2. The number of nitrogens with zero attached hydrogens (tertiary/aromatic N) is 2. The molecule has 8 heteroatoms. The number of rotatable bonds is 4. The fraction of sp³-hybridized carbons (Fsp3) is 0.0625. The molecule has 0 aliphatic heterocycles. The van der Waals surface area contributed by atoms with Crippen molar-refractivity contribution >= 4 is 21.6 Å². The van der Waals surface area contributed by atoms with E-state index in [0.717, 1.165) is 0 Å². The molecule has 6 nitrogen and oxygen atoms in total. The highest BCUT2D eigenvalue weighted by atomic mass is 79.9. The van der Waals surface area contributed by atoms with Crippen LogP contribution in [0.2, 0.25) is 0 Å². The molecule has 0 aliphatic rings. The van der Waals surface area contributed by atoms with E-state index in [1.807, 2.05) is 0 Å². The molecule has 1 aromatic heterocycles. The standard InChI is InChI=1S/C16H10BrFN2O4/c17-10-4-5-14(18)12(7-10)16-13(8-21)15(19-24-16)9-2-1-3-11(6-9)20(22)23/h1-7,21H,8H2. The zero-order chi connectivity index (χ0) is 17.3. The number of non-ortho nitro benzene ring substituents is 1. The Balaban J connectivity index is 2.16. The predicted molar refractivity (Wildman–Crippen MR) is 87.6 cm³/mol. The summed E-state index contributed by atoms with van der Waals surface area (Å²) in [5, 5.41) is 24.5. The Bertz CT molecular complexity index is 926. The van der Waals surface area contributed by atoms with Gasteiger partial charge in [-0.15, -0.1) is 0 Å². The van der Waals surface area contributed by atoms with E-state index in [-0.39, 0.29) is 28.3 Å². The minimum absolute atomic E-state index is 0.0813. The van der Waals surface area contributed by atoms with Crippen molar-refractivity contribution in [1.29, 1.82) is 0 Å². The molecule has 24 heavy (non-hydrogen) atoms. The highest BCUT2D eigenvalue weighted by molar-refractivity contribution is 9.10. The summed E-state index contributed by atoms with van der Waals surface area (Å²) in [6.07, 6.45) is 0. The van der Waals surface area contributed by atoms with Gasteiger partial charge in [0.2, 0.25) is 0 Å². The van der Waals surface area contributed by atoms with Crippen LogP contribution in [0.5, 0.6) is 0 Å². The first-order valence-electron chi connectivity index (χ1n) is 6.81. The number of benzene rings is 2. The summed E-state index contributed by atoms with van der Waals surface area (Å²) in [5.41, 5.74) is 0.911. The van der Waals surface area contributed by atoms with Crippen LogP contribution in [-0.4, -0.2) is 15.2 Å². The fourth-order valence-corrected chi connectivity index (χ4v) is 2.69. The summed E-state index contributed by atoms with van der Waals surface area (Å²) < 4.78 is 19.9. The van der Waals surface area contributed by atoms with Gasteiger partial charge in [0.1, 0.15) is 11.5 Å². The van der Waals surface area contributed by atoms with Crippen LogP contribution in [0.1, 0.15) is 5.56 Å². The molecule has 3 aromatic rings. The lowest BCUT2D eigenvalue weighted by molar-refractivity contribution is -0.384. The van der Waals surface area contributed by atoms with Gasteiger partial charge in [0.05, 0.1) is 22.7 Å². The van der Waals surface area contributed by atoms with Crippen molar-refractivity contribution in [2.75, 3.05) is 0 Å². The van der Waals surface area contributed by atoms with Gasteiger partial charge in [0, 0.05) is 22.2 Å². The van der Waals surface area contributed by atoms with E-state index < -0.39 is 17.3 Å². The maximum atomic E-state index is 14.1. The molecule has 0 fully saturated rings. The minimum atomic E-state index is -0.533. The summed E-state index contributed by atoms with van der Waals surface area (Å²) >= 11 is 3.25. The quantitative estimate of drug-likeness (QED) is 0.527. The van der Waals surface area contributed by atoms with E-state index >= 15 is 0 Å². The molecule has 0 radical (unpaired) electrons. The Morgan fingerprint density at radius 3 is 2.79 bits per heavy atom. The zero-order valence-electron chi connectivity index (χ0n) is 12.1. The average Bonchev–Trinajstić information content (AvgIpc) is 3.00. The summed E-state index contributed by atoms with van der Waals surface area (Å²) in [5.74, 6) is -0.451. The summed E-state index contributed by atoms with van der Waals surface area (Å²) in [4.78, 5) is 10.4. The second kappa shape index (κ2) is 6.50. The van der Waals surface area contributed by atoms with Crippen molar-refractivity contribution in [2.24, 2.45) is 0 Å². The van der Waals surface area contributed by atoms with Crippen molar-refractivity contribution in [3.05, 3.63) is 68.4 Å². The van der Waals surface area contributed by atoms with Gasteiger partial charge in [-0.3, -0.25) is 10.1 Å². The Labute approximate surface area is 143 Å². The second-order valence-corrected chi connectivity index (χ2v) is 5.84. The first kappa shape index (κ1) is 16.3. The monoisotopic (exact) mass is 392 g/mol. The fourth-order valence-electron chi connectivity index (χ4n) is 2.33. The van der Waals surface area contributed by atoms with E-state index in [4.69, 9.17) is 4.52 Å². The van der Waals surface area contributed by atoms with E-state index in [1.165, 1.54) is 36.4 Å². The molecular formula is C16H10BrFN2O4. The van der Waals surface area contributed by atoms with Crippen molar-refractivity contribution in [1.82, 2.24) is 5.16 Å². The Morgan fingerprint density at radius 1 is 1.29 bits per heavy atom. The first-order valence-corrected chi connectivity index (χ1v) is 7.60. The van der Waals surface area contributed by atoms with Crippen LogP contribution < -0.4 is 0 Å². The highest BCUT2D eigenvalue weighted by Gasteiger charge is 2.22. The maximum absolute atomic E-state index is 14.1. The lowest BCUT2D eigenvalue weighted by atomic mass is 10.0. The molecule has 0 spiro atoms. The van der Waals surface area contributed by atoms with Crippen LogP contribution in [0, 0.1) is 15.9 Å². The van der Waals surface area contributed by atoms with Crippen LogP contribution in [-0.2, 0) is 6.61 Å². The molecule has 0 aliphatic carbocycles. The van der Waals surface area contributed by atoms with Crippen molar-refractivity contribution in [3.8, 4) is 22.6 Å². The predicted octanol–water partition coefficient (Wildman–Crippen LogP) is 4.31. The largest absolute Gasteiger partial charge is 0.391 e. The number of nitro groups is 1. The van der Waals surface area contributed by atoms with Crippen LogP contribution in [0.25, 0.3) is 22.6 Å². The molecule has 0 saturated carbocycles. The molecule has 0 amide bonds. The molecular weight excluding hydrogens is 383 g/mol. The number of aliphatic hydroxyl groups excluding tert-OH is 1. The Hall–Kier alpha value is -2.58. The van der Waals surface area contributed by atoms with Gasteiger partial charge in [-0.25, -0.2) is 4.39 Å². The van der Waals surface area contributed by atoms with Crippen LogP contribution in [0.15, 0.2) is 51.5 Å². The number of nitro benzene ring substituents is 1. The first-order chi connectivity index (χ1) is 11.5. The number of hydrogen-bond acceptors (Lipinski definition) is 5. The molecule has 0 saturated heterocycles. The molecule has 0 bridgehead atoms. The molecule has 1 heterocycles. The van der Waals surface area contributed by atoms with Crippen molar-refractivity contribution in [2.45, 2.75) is 6.61 Å². The SMILES string of the molecule is O=[N+]([O-])c1cccc(-c2noc(-c3cc(Br)ccc3F)c2CO)c1. The Kier molecular flexibility index (Phi) is 4.41. The second-order valence-electron chi connectivity index (χ2n) is 4.93. The topological polar surface area (TPSA) is 89.4 Å². The third-order valence-corrected chi connectivity index (χ3v) is 3.94. The summed E-state index contributed by atoms with van der Waals surface area (Å²) in [7, 11) is 0. The molecule has 122 valence electrons. The third kappa shape index (κ3) is 2.93. The van der Waals surface area contributed by atoms with Crippen molar-refractivity contribution < 1.29 is 18.9 Å². The molecule has 3 rings (SSSR count). The summed E-state index contributed by atoms with van der Waals surface area (Å²) in [6.45, 7) is -0.456. The van der Waals surface area contributed by atoms with Crippen LogP contribution in [0.4, 0.5) is 10.1 Å². The molecule has 0 unspecified atom stereocenters. The van der Waals surface area contributed by atoms with E-state index in [0.29, 0.717) is 10.0 Å². The molecule has 0 atom stereocenters. The minimum Gasteiger partial charge on any atom is -0.391 e. The van der Waals surface area contributed by atoms with Gasteiger partial charge in [-0.1, -0.05) is 33.2 Å². The third-order valence-electron chi connectivity index (χ3n) is 3.45. The number of aromatic nitrogens is 1. The number of aliphatic hydroxyl groups is 1. The van der Waals surface area contributed by atoms with Gasteiger partial charge in [0.15, 0.2) is 5.76 Å². The summed E-state index contributed by atoms with van der Waals surface area (Å²) in [6, 6.07) is 10.1. The lowest BCUT2D eigenvalue weighted by Crippen LogP contribution is -1.92. The van der Waals surface area contributed by atoms with E-state index in [2.05, 4.69) is 21.1 Å². The van der Waals surface area contributed by atoms with Gasteiger partial charge < -0.3 is 9.63 Å². The van der Waals surface area contributed by atoms with Gasteiger partial charge in [0.25, 0.3) is 5.69 Å². The average molecular weight is 393 g/mol. The smallest absolute Gasteiger partial charge is 0.270 e. The normalized spacial score (nSPS) is 10.8.